The van der Waals surface area contributed by atoms with Gasteiger partial charge in [0.05, 0.1) is 5.56 Å². The van der Waals surface area contributed by atoms with Gasteiger partial charge in [-0.15, -0.1) is 0 Å². The van der Waals surface area contributed by atoms with Crippen LogP contribution in [0.3, 0.4) is 0 Å². The van der Waals surface area contributed by atoms with E-state index in [9.17, 15) is 14.4 Å². The molecule has 0 saturated carbocycles. The number of nitrogens with two attached hydrogens (primary N) is 1. The number of benzene rings is 2. The third-order valence-electron chi connectivity index (χ3n) is 3.67. The van der Waals surface area contributed by atoms with Crippen LogP contribution in [0.2, 0.25) is 5.02 Å². The first kappa shape index (κ1) is 19.3. The van der Waals surface area contributed by atoms with Gasteiger partial charge in [0.1, 0.15) is 5.75 Å². The summed E-state index contributed by atoms with van der Waals surface area (Å²) in [7, 11) is 0. The van der Waals surface area contributed by atoms with Crippen LogP contribution in [0.1, 0.15) is 21.5 Å². The second-order valence-corrected chi connectivity index (χ2v) is 5.98. The summed E-state index contributed by atoms with van der Waals surface area (Å²) >= 11 is 5.84. The first-order valence-electron chi connectivity index (χ1n) is 7.67. The molecule has 0 aliphatic heterocycles. The van der Waals surface area contributed by atoms with E-state index >= 15 is 0 Å². The lowest BCUT2D eigenvalue weighted by molar-refractivity contribution is -0.121. The lowest BCUT2D eigenvalue weighted by atomic mass is 10.1. The highest BCUT2D eigenvalue weighted by atomic mass is 35.5. The van der Waals surface area contributed by atoms with E-state index in [1.807, 2.05) is 19.9 Å². The van der Waals surface area contributed by atoms with Crippen molar-refractivity contribution in [1.29, 1.82) is 0 Å². The molecule has 8 heteroatoms. The summed E-state index contributed by atoms with van der Waals surface area (Å²) in [6.07, 6.45) is 0. The Labute approximate surface area is 155 Å². The van der Waals surface area contributed by atoms with E-state index in [-0.39, 0.29) is 11.3 Å². The largest absolute Gasteiger partial charge is 0.483 e. The number of amides is 4. The van der Waals surface area contributed by atoms with Crippen LogP contribution in [-0.2, 0) is 4.79 Å². The van der Waals surface area contributed by atoms with Crippen molar-refractivity contribution in [2.75, 3.05) is 11.9 Å². The molecule has 0 saturated heterocycles. The number of primary amides is 1. The summed E-state index contributed by atoms with van der Waals surface area (Å²) in [5.74, 6) is -1.34. The van der Waals surface area contributed by atoms with Gasteiger partial charge in [0.15, 0.2) is 6.61 Å². The van der Waals surface area contributed by atoms with Crippen LogP contribution in [0.5, 0.6) is 5.75 Å². The van der Waals surface area contributed by atoms with E-state index < -0.39 is 24.5 Å². The molecule has 136 valence electrons. The van der Waals surface area contributed by atoms with E-state index in [2.05, 4.69) is 10.6 Å². The highest BCUT2D eigenvalue weighted by molar-refractivity contribution is 6.30. The minimum atomic E-state index is -0.718. The van der Waals surface area contributed by atoms with Gasteiger partial charge >= 0.3 is 6.03 Å². The number of hydrogen-bond acceptors (Lipinski definition) is 4. The highest BCUT2D eigenvalue weighted by Crippen LogP contribution is 2.23. The number of carbonyl (C=O) groups is 3. The van der Waals surface area contributed by atoms with Gasteiger partial charge in [0.2, 0.25) is 0 Å². The lowest BCUT2D eigenvalue weighted by Crippen LogP contribution is -2.37. The van der Waals surface area contributed by atoms with Crippen LogP contribution < -0.4 is 21.1 Å². The number of rotatable bonds is 5. The maximum Gasteiger partial charge on any atom is 0.325 e. The molecule has 4 amide bonds. The van der Waals surface area contributed by atoms with Crippen molar-refractivity contribution >= 4 is 35.1 Å². The number of halogens is 1. The molecule has 4 N–H and O–H groups in total. The number of ether oxygens (including phenoxy) is 1. The number of imide groups is 1. The fourth-order valence-corrected chi connectivity index (χ4v) is 2.33. The monoisotopic (exact) mass is 375 g/mol. The standard InChI is InChI=1S/C18H18ClN3O4/c1-10-4-3-5-14(11(10)2)21-18(25)22-16(23)9-26-15-8-12(19)6-7-13(15)17(20)24/h3-8H,9H2,1-2H3,(H2,20,24)(H2,21,22,23,25). The van der Waals surface area contributed by atoms with Crippen LogP contribution in [0.25, 0.3) is 0 Å². The molecule has 0 spiro atoms. The number of carbonyl (C=O) groups excluding carboxylic acids is 3. The second kappa shape index (κ2) is 8.35. The van der Waals surface area contributed by atoms with Crippen molar-refractivity contribution in [3.05, 3.63) is 58.1 Å². The fraction of sp³-hybridized carbons (Fsp3) is 0.167. The Kier molecular flexibility index (Phi) is 6.19. The maximum absolute atomic E-state index is 11.9. The summed E-state index contributed by atoms with van der Waals surface area (Å²) in [5, 5.41) is 5.06. The number of nitrogens with one attached hydrogen (secondary N) is 2. The molecule has 2 aromatic carbocycles. The Morgan fingerprint density at radius 3 is 2.58 bits per heavy atom. The molecule has 0 aliphatic rings. The highest BCUT2D eigenvalue weighted by Gasteiger charge is 2.14. The molecule has 0 unspecified atom stereocenters. The fourth-order valence-electron chi connectivity index (χ4n) is 2.17. The zero-order chi connectivity index (χ0) is 19.3. The third kappa shape index (κ3) is 4.97. The SMILES string of the molecule is Cc1cccc(NC(=O)NC(=O)COc2cc(Cl)ccc2C(N)=O)c1C. The maximum atomic E-state index is 11.9. The van der Waals surface area contributed by atoms with Gasteiger partial charge in [-0.05, 0) is 49.2 Å². The summed E-state index contributed by atoms with van der Waals surface area (Å²) in [6, 6.07) is 9.00. The Hall–Kier alpha value is -3.06. The molecule has 7 nitrogen and oxygen atoms in total. The smallest absolute Gasteiger partial charge is 0.325 e. The van der Waals surface area contributed by atoms with E-state index in [1.54, 1.807) is 12.1 Å². The first-order chi connectivity index (χ1) is 12.3. The average Bonchev–Trinajstić information content (AvgIpc) is 2.57. The van der Waals surface area contributed by atoms with E-state index in [4.69, 9.17) is 22.1 Å². The molecule has 0 aliphatic carbocycles. The first-order valence-corrected chi connectivity index (χ1v) is 8.05. The summed E-state index contributed by atoms with van der Waals surface area (Å²) < 4.78 is 5.26. The van der Waals surface area contributed by atoms with Gasteiger partial charge in [0.25, 0.3) is 11.8 Å². The predicted molar refractivity (Wildman–Crippen MR) is 98.5 cm³/mol. The number of hydrogen-bond donors (Lipinski definition) is 3. The van der Waals surface area contributed by atoms with Crippen LogP contribution in [-0.4, -0.2) is 24.5 Å². The zero-order valence-electron chi connectivity index (χ0n) is 14.3. The minimum Gasteiger partial charge on any atom is -0.483 e. The van der Waals surface area contributed by atoms with Crippen molar-refractivity contribution in [3.8, 4) is 5.75 Å². The van der Waals surface area contributed by atoms with Crippen molar-refractivity contribution in [2.24, 2.45) is 5.73 Å². The second-order valence-electron chi connectivity index (χ2n) is 5.54. The molecule has 0 radical (unpaired) electrons. The molecule has 0 aromatic heterocycles. The third-order valence-corrected chi connectivity index (χ3v) is 3.91. The molecular formula is C18H18ClN3O4. The molecule has 2 rings (SSSR count). The van der Waals surface area contributed by atoms with E-state index in [0.29, 0.717) is 10.7 Å². The Bertz CT molecular complexity index is 868. The lowest BCUT2D eigenvalue weighted by Gasteiger charge is -2.12. The molecule has 2 aromatic rings. The number of anilines is 1. The predicted octanol–water partition coefficient (Wildman–Crippen LogP) is 2.78. The Balaban J connectivity index is 1.95. The molecular weight excluding hydrogens is 358 g/mol. The normalized spacial score (nSPS) is 10.1. The number of aryl methyl sites for hydroxylation is 1. The summed E-state index contributed by atoms with van der Waals surface area (Å²) in [6.45, 7) is 3.29. The van der Waals surface area contributed by atoms with Gasteiger partial charge < -0.3 is 15.8 Å². The van der Waals surface area contributed by atoms with Crippen molar-refractivity contribution in [1.82, 2.24) is 5.32 Å². The molecule has 0 fully saturated rings. The van der Waals surface area contributed by atoms with Gasteiger partial charge in [-0.25, -0.2) is 4.79 Å². The van der Waals surface area contributed by atoms with E-state index in [0.717, 1.165) is 11.1 Å². The zero-order valence-corrected chi connectivity index (χ0v) is 15.0. The van der Waals surface area contributed by atoms with Gasteiger partial charge in [-0.3, -0.25) is 14.9 Å². The van der Waals surface area contributed by atoms with Crippen LogP contribution in [0.4, 0.5) is 10.5 Å². The van der Waals surface area contributed by atoms with Crippen LogP contribution >= 0.6 is 11.6 Å². The Morgan fingerprint density at radius 2 is 1.88 bits per heavy atom. The Morgan fingerprint density at radius 1 is 1.15 bits per heavy atom. The average molecular weight is 376 g/mol. The van der Waals surface area contributed by atoms with Crippen molar-refractivity contribution < 1.29 is 19.1 Å². The van der Waals surface area contributed by atoms with Crippen LogP contribution in [0, 0.1) is 13.8 Å². The topological polar surface area (TPSA) is 111 Å². The van der Waals surface area contributed by atoms with Crippen molar-refractivity contribution in [3.63, 3.8) is 0 Å². The van der Waals surface area contributed by atoms with Gasteiger partial charge in [-0.1, -0.05) is 23.7 Å². The summed E-state index contributed by atoms with van der Waals surface area (Å²) in [5.41, 5.74) is 7.83. The minimum absolute atomic E-state index is 0.0649. The number of urea groups is 1. The van der Waals surface area contributed by atoms with Gasteiger partial charge in [0, 0.05) is 10.7 Å². The van der Waals surface area contributed by atoms with Crippen LogP contribution in [0.15, 0.2) is 36.4 Å². The molecule has 0 heterocycles. The van der Waals surface area contributed by atoms with Crippen molar-refractivity contribution in [2.45, 2.75) is 13.8 Å². The quantitative estimate of drug-likeness (QED) is 0.746. The molecule has 0 atom stereocenters. The summed E-state index contributed by atoms with van der Waals surface area (Å²) in [4.78, 5) is 35.2. The molecule has 0 bridgehead atoms. The molecule has 26 heavy (non-hydrogen) atoms. The van der Waals surface area contributed by atoms with Gasteiger partial charge in [-0.2, -0.15) is 0 Å². The van der Waals surface area contributed by atoms with E-state index in [1.165, 1.54) is 18.2 Å².